The van der Waals surface area contributed by atoms with Gasteiger partial charge in [-0.3, -0.25) is 5.32 Å². The third kappa shape index (κ3) is 3.33. The van der Waals surface area contributed by atoms with Gasteiger partial charge >= 0.3 is 12.1 Å². The lowest BCUT2D eigenvalue weighted by atomic mass is 10.1. The Morgan fingerprint density at radius 2 is 1.75 bits per heavy atom. The van der Waals surface area contributed by atoms with Crippen molar-refractivity contribution in [3.05, 3.63) is 72.1 Å². The largest absolute Gasteiger partial charge is 0.476 e. The molecule has 1 aromatic heterocycles. The molecule has 3 aromatic rings. The van der Waals surface area contributed by atoms with Gasteiger partial charge in [-0.15, -0.1) is 0 Å². The second-order valence-corrected chi connectivity index (χ2v) is 5.06. The molecule has 6 heteroatoms. The molecule has 2 aromatic carbocycles. The summed E-state index contributed by atoms with van der Waals surface area (Å²) in [4.78, 5) is 27.3. The first kappa shape index (κ1) is 15.5. The average molecular weight is 322 g/mol. The molecule has 6 nitrogen and oxygen atoms in total. The number of nitrogens with zero attached hydrogens (tertiary/aromatic N) is 1. The number of benzene rings is 2. The lowest BCUT2D eigenvalue weighted by Crippen LogP contribution is -2.17. The number of nitrogens with one attached hydrogen (secondary N) is 1. The number of hydrogen-bond donors (Lipinski definition) is 2. The summed E-state index contributed by atoms with van der Waals surface area (Å²) in [6.07, 6.45) is 0.721. The van der Waals surface area contributed by atoms with Crippen LogP contribution in [0.15, 0.2) is 60.8 Å². The molecule has 0 saturated carbocycles. The van der Waals surface area contributed by atoms with Crippen LogP contribution in [0.5, 0.6) is 0 Å². The monoisotopic (exact) mass is 322 g/mol. The van der Waals surface area contributed by atoms with Gasteiger partial charge in [-0.1, -0.05) is 54.6 Å². The van der Waals surface area contributed by atoms with Crippen molar-refractivity contribution in [2.24, 2.45) is 0 Å². The Bertz CT molecular complexity index is 894. The third-order valence-electron chi connectivity index (χ3n) is 3.44. The summed E-state index contributed by atoms with van der Waals surface area (Å²) in [6, 6.07) is 16.3. The second-order valence-electron chi connectivity index (χ2n) is 5.06. The summed E-state index contributed by atoms with van der Waals surface area (Å²) in [7, 11) is 0. The highest BCUT2D eigenvalue weighted by molar-refractivity contribution is 6.08. The molecule has 3 rings (SSSR count). The Morgan fingerprint density at radius 3 is 2.50 bits per heavy atom. The van der Waals surface area contributed by atoms with Crippen LogP contribution in [0.3, 0.4) is 0 Å². The van der Waals surface area contributed by atoms with E-state index in [0.717, 1.165) is 10.9 Å². The van der Waals surface area contributed by atoms with E-state index in [2.05, 4.69) is 10.3 Å². The number of fused-ring (bicyclic) bond motifs is 1. The molecule has 120 valence electrons. The summed E-state index contributed by atoms with van der Waals surface area (Å²) in [5.74, 6) is -1.22. The number of rotatable bonds is 4. The summed E-state index contributed by atoms with van der Waals surface area (Å²) < 4.78 is 5.14. The van der Waals surface area contributed by atoms with Crippen LogP contribution < -0.4 is 5.32 Å². The van der Waals surface area contributed by atoms with Gasteiger partial charge in [0.05, 0.1) is 5.69 Å². The lowest BCUT2D eigenvalue weighted by Gasteiger charge is -2.11. The fourth-order valence-corrected chi connectivity index (χ4v) is 2.31. The maximum Gasteiger partial charge on any atom is 0.412 e. The van der Waals surface area contributed by atoms with Crippen molar-refractivity contribution in [1.29, 1.82) is 0 Å². The van der Waals surface area contributed by atoms with E-state index in [4.69, 9.17) is 4.74 Å². The van der Waals surface area contributed by atoms with Crippen molar-refractivity contribution in [3.63, 3.8) is 0 Å². The molecule has 1 amide bonds. The highest BCUT2D eigenvalue weighted by Crippen LogP contribution is 2.26. The van der Waals surface area contributed by atoms with Crippen molar-refractivity contribution in [3.8, 4) is 0 Å². The fourth-order valence-electron chi connectivity index (χ4n) is 2.31. The number of amides is 1. The van der Waals surface area contributed by atoms with Crippen LogP contribution in [0.1, 0.15) is 16.1 Å². The zero-order valence-electron chi connectivity index (χ0n) is 12.6. The number of aromatic carboxylic acids is 1. The summed E-state index contributed by atoms with van der Waals surface area (Å²) in [5.41, 5.74) is 0.728. The SMILES string of the molecule is O=C(Nc1c(C(=O)O)ncc2ccccc12)OCc1ccccc1. The number of carboxylic acid groups (broad SMARTS) is 1. The Balaban J connectivity index is 1.84. The molecule has 0 aliphatic carbocycles. The second kappa shape index (κ2) is 6.78. The van der Waals surface area contributed by atoms with Crippen LogP contribution in [0.2, 0.25) is 0 Å². The lowest BCUT2D eigenvalue weighted by molar-refractivity contribution is 0.0692. The van der Waals surface area contributed by atoms with Gasteiger partial charge in [-0.2, -0.15) is 0 Å². The normalized spacial score (nSPS) is 10.3. The van der Waals surface area contributed by atoms with Crippen molar-refractivity contribution in [2.45, 2.75) is 6.61 Å². The van der Waals surface area contributed by atoms with E-state index in [1.807, 2.05) is 36.4 Å². The number of aromatic nitrogens is 1. The molecule has 0 aliphatic rings. The molecule has 1 heterocycles. The van der Waals surface area contributed by atoms with E-state index in [1.165, 1.54) is 6.20 Å². The van der Waals surface area contributed by atoms with Crippen LogP contribution in [0.4, 0.5) is 10.5 Å². The number of pyridine rings is 1. The topological polar surface area (TPSA) is 88.5 Å². The predicted octanol–water partition coefficient (Wildman–Crippen LogP) is 3.68. The molecular formula is C18H14N2O4. The maximum absolute atomic E-state index is 12.1. The highest BCUT2D eigenvalue weighted by Gasteiger charge is 2.18. The number of ether oxygens (including phenoxy) is 1. The molecule has 0 bridgehead atoms. The van der Waals surface area contributed by atoms with Crippen LogP contribution in [0.25, 0.3) is 10.8 Å². The number of hydrogen-bond acceptors (Lipinski definition) is 4. The Kier molecular flexibility index (Phi) is 4.38. The molecule has 0 spiro atoms. The summed E-state index contributed by atoms with van der Waals surface area (Å²) >= 11 is 0. The number of anilines is 1. The standard InChI is InChI=1S/C18H14N2O4/c21-17(22)16-15(14-9-5-4-8-13(14)10-19-16)20-18(23)24-11-12-6-2-1-3-7-12/h1-10H,11H2,(H,20,23)(H,21,22). The van der Waals surface area contributed by atoms with E-state index in [-0.39, 0.29) is 18.0 Å². The van der Waals surface area contributed by atoms with E-state index in [0.29, 0.717) is 5.39 Å². The first-order chi connectivity index (χ1) is 11.6. The van der Waals surface area contributed by atoms with E-state index >= 15 is 0 Å². The molecule has 0 saturated heterocycles. The van der Waals surface area contributed by atoms with Crippen molar-refractivity contribution < 1.29 is 19.4 Å². The molecule has 0 aliphatic heterocycles. The third-order valence-corrected chi connectivity index (χ3v) is 3.44. The summed E-state index contributed by atoms with van der Waals surface area (Å²) in [6.45, 7) is 0.0905. The minimum Gasteiger partial charge on any atom is -0.476 e. The zero-order valence-corrected chi connectivity index (χ0v) is 12.6. The Labute approximate surface area is 137 Å². The molecular weight excluding hydrogens is 308 g/mol. The van der Waals surface area contributed by atoms with Gasteiger partial charge in [-0.25, -0.2) is 14.6 Å². The van der Waals surface area contributed by atoms with Gasteiger partial charge in [0.15, 0.2) is 5.69 Å². The molecule has 24 heavy (non-hydrogen) atoms. The van der Waals surface area contributed by atoms with Gasteiger partial charge in [-0.05, 0) is 5.56 Å². The number of carbonyl (C=O) groups excluding carboxylic acids is 1. The van der Waals surface area contributed by atoms with Gasteiger partial charge < -0.3 is 9.84 Å². The Hall–Kier alpha value is -3.41. The quantitative estimate of drug-likeness (QED) is 0.765. The first-order valence-electron chi connectivity index (χ1n) is 7.24. The van der Waals surface area contributed by atoms with Gasteiger partial charge in [0.25, 0.3) is 0 Å². The van der Waals surface area contributed by atoms with Crippen LogP contribution in [-0.2, 0) is 11.3 Å². The molecule has 0 atom stereocenters. The fraction of sp³-hybridized carbons (Fsp3) is 0.0556. The minimum absolute atomic E-state index is 0.0905. The van der Waals surface area contributed by atoms with Gasteiger partial charge in [0, 0.05) is 17.0 Å². The van der Waals surface area contributed by atoms with Crippen LogP contribution in [-0.4, -0.2) is 22.2 Å². The van der Waals surface area contributed by atoms with Crippen molar-refractivity contribution in [1.82, 2.24) is 4.98 Å². The smallest absolute Gasteiger partial charge is 0.412 e. The zero-order chi connectivity index (χ0) is 16.9. The minimum atomic E-state index is -1.22. The van der Waals surface area contributed by atoms with Crippen molar-refractivity contribution in [2.75, 3.05) is 5.32 Å². The van der Waals surface area contributed by atoms with Crippen molar-refractivity contribution >= 4 is 28.5 Å². The molecule has 0 unspecified atom stereocenters. The molecule has 0 radical (unpaired) electrons. The van der Waals surface area contributed by atoms with E-state index in [1.54, 1.807) is 18.2 Å². The Morgan fingerprint density at radius 1 is 1.04 bits per heavy atom. The predicted molar refractivity (Wildman–Crippen MR) is 89.0 cm³/mol. The molecule has 2 N–H and O–H groups in total. The van der Waals surface area contributed by atoms with Crippen LogP contribution >= 0.6 is 0 Å². The average Bonchev–Trinajstić information content (AvgIpc) is 2.61. The molecule has 0 fully saturated rings. The van der Waals surface area contributed by atoms with Crippen LogP contribution in [0, 0.1) is 0 Å². The van der Waals surface area contributed by atoms with Gasteiger partial charge in [0.2, 0.25) is 0 Å². The first-order valence-corrected chi connectivity index (χ1v) is 7.24. The van der Waals surface area contributed by atoms with Gasteiger partial charge in [0.1, 0.15) is 6.61 Å². The van der Waals surface area contributed by atoms with E-state index < -0.39 is 12.1 Å². The van der Waals surface area contributed by atoms with E-state index in [9.17, 15) is 14.7 Å². The highest BCUT2D eigenvalue weighted by atomic mass is 16.5. The maximum atomic E-state index is 12.1. The number of carboxylic acids is 1. The summed E-state index contributed by atoms with van der Waals surface area (Å²) in [5, 5.41) is 13.1. The number of carbonyl (C=O) groups is 2.